The molecule has 2 rings (SSSR count). The molecule has 0 bridgehead atoms. The van der Waals surface area contributed by atoms with Gasteiger partial charge in [0, 0.05) is 37.9 Å². The van der Waals surface area contributed by atoms with Crippen LogP contribution in [-0.2, 0) is 0 Å². The van der Waals surface area contributed by atoms with Crippen LogP contribution in [0.4, 0.5) is 10.1 Å². The second kappa shape index (κ2) is 4.06. The third-order valence-corrected chi connectivity index (χ3v) is 2.80. The number of hydrogen-bond acceptors (Lipinski definition) is 3. The van der Waals surface area contributed by atoms with E-state index in [1.807, 2.05) is 0 Å². The number of rotatable bonds is 1. The van der Waals surface area contributed by atoms with Gasteiger partial charge in [-0.15, -0.1) is 0 Å². The van der Waals surface area contributed by atoms with Crippen molar-refractivity contribution in [1.82, 2.24) is 4.90 Å². The van der Waals surface area contributed by atoms with Crippen LogP contribution in [0.2, 0.25) is 0 Å². The van der Waals surface area contributed by atoms with Gasteiger partial charge in [0.25, 0.3) is 0 Å². The summed E-state index contributed by atoms with van der Waals surface area (Å²) in [5.74, 6) is -0.834. The highest BCUT2D eigenvalue weighted by atomic mass is 19.1. The van der Waals surface area contributed by atoms with Gasteiger partial charge in [-0.25, -0.2) is 4.39 Å². The molecule has 1 aromatic carbocycles. The normalized spacial score (nSPS) is 18.1. The summed E-state index contributed by atoms with van der Waals surface area (Å²) in [6.45, 7) is 3.83. The first-order valence-electron chi connectivity index (χ1n) is 5.09. The number of nitrogens with zero attached hydrogens (tertiary/aromatic N) is 2. The number of halogens is 1. The van der Waals surface area contributed by atoms with Gasteiger partial charge in [0.15, 0.2) is 11.6 Å². The number of phenols is 1. The minimum atomic E-state index is -0.562. The highest BCUT2D eigenvalue weighted by molar-refractivity contribution is 5.51. The van der Waals surface area contributed by atoms with Crippen LogP contribution in [0.1, 0.15) is 0 Å². The molecule has 0 amide bonds. The Bertz CT molecular complexity index is 348. The van der Waals surface area contributed by atoms with Crippen molar-refractivity contribution in [2.45, 2.75) is 0 Å². The molecule has 0 atom stereocenters. The third-order valence-electron chi connectivity index (χ3n) is 2.80. The average Bonchev–Trinajstić information content (AvgIpc) is 2.23. The van der Waals surface area contributed by atoms with E-state index in [1.54, 1.807) is 6.07 Å². The lowest BCUT2D eigenvalue weighted by molar-refractivity contribution is 0.312. The molecule has 0 saturated carbocycles. The standard InChI is InChI=1S/C11H15FN2O/c1-13-4-6-14(7-5-13)9-2-3-10(12)11(15)8-9/h2-3,8,15H,4-7H2,1H3. The topological polar surface area (TPSA) is 26.7 Å². The molecule has 1 aliphatic heterocycles. The Morgan fingerprint density at radius 2 is 1.87 bits per heavy atom. The Labute approximate surface area is 88.7 Å². The Morgan fingerprint density at radius 1 is 1.20 bits per heavy atom. The van der Waals surface area contributed by atoms with Crippen molar-refractivity contribution in [3.8, 4) is 5.75 Å². The van der Waals surface area contributed by atoms with Crippen molar-refractivity contribution in [2.75, 3.05) is 38.1 Å². The maximum absolute atomic E-state index is 12.9. The summed E-state index contributed by atoms with van der Waals surface area (Å²) >= 11 is 0. The largest absolute Gasteiger partial charge is 0.505 e. The first-order chi connectivity index (χ1) is 7.16. The molecule has 0 spiro atoms. The fourth-order valence-corrected chi connectivity index (χ4v) is 1.76. The average molecular weight is 210 g/mol. The summed E-state index contributed by atoms with van der Waals surface area (Å²) in [6.07, 6.45) is 0. The van der Waals surface area contributed by atoms with Crippen LogP contribution >= 0.6 is 0 Å². The van der Waals surface area contributed by atoms with Crippen LogP contribution < -0.4 is 4.90 Å². The smallest absolute Gasteiger partial charge is 0.164 e. The van der Waals surface area contributed by atoms with Crippen LogP contribution in [0, 0.1) is 5.82 Å². The SMILES string of the molecule is CN1CCN(c2ccc(F)c(O)c2)CC1. The zero-order valence-corrected chi connectivity index (χ0v) is 8.78. The van der Waals surface area contributed by atoms with Crippen LogP contribution in [0.3, 0.4) is 0 Å². The molecule has 1 heterocycles. The molecule has 3 nitrogen and oxygen atoms in total. The highest BCUT2D eigenvalue weighted by Crippen LogP contribution is 2.23. The van der Waals surface area contributed by atoms with Crippen molar-refractivity contribution in [3.63, 3.8) is 0 Å². The summed E-state index contributed by atoms with van der Waals surface area (Å²) in [5.41, 5.74) is 0.891. The van der Waals surface area contributed by atoms with Crippen LogP contribution in [-0.4, -0.2) is 43.2 Å². The second-order valence-corrected chi connectivity index (χ2v) is 3.93. The maximum atomic E-state index is 12.9. The van der Waals surface area contributed by atoms with Crippen molar-refractivity contribution >= 4 is 5.69 Å². The van der Waals surface area contributed by atoms with Gasteiger partial charge >= 0.3 is 0 Å². The minimum absolute atomic E-state index is 0.272. The number of piperazine rings is 1. The number of likely N-dealkylation sites (N-methyl/N-ethyl adjacent to an activating group) is 1. The zero-order chi connectivity index (χ0) is 10.8. The Kier molecular flexibility index (Phi) is 2.77. The van der Waals surface area contributed by atoms with Gasteiger partial charge in [-0.3, -0.25) is 0 Å². The van der Waals surface area contributed by atoms with E-state index in [4.69, 9.17) is 0 Å². The number of benzene rings is 1. The predicted octanol–water partition coefficient (Wildman–Crippen LogP) is 1.28. The summed E-state index contributed by atoms with van der Waals surface area (Å²) in [5, 5.41) is 9.27. The van der Waals surface area contributed by atoms with Gasteiger partial charge in [-0.2, -0.15) is 0 Å². The van der Waals surface area contributed by atoms with Gasteiger partial charge in [0.1, 0.15) is 0 Å². The molecule has 1 N–H and O–H groups in total. The first-order valence-corrected chi connectivity index (χ1v) is 5.09. The van der Waals surface area contributed by atoms with Crippen molar-refractivity contribution in [1.29, 1.82) is 0 Å². The van der Waals surface area contributed by atoms with Crippen LogP contribution in [0.25, 0.3) is 0 Å². The van der Waals surface area contributed by atoms with Gasteiger partial charge < -0.3 is 14.9 Å². The minimum Gasteiger partial charge on any atom is -0.505 e. The maximum Gasteiger partial charge on any atom is 0.164 e. The lowest BCUT2D eigenvalue weighted by Gasteiger charge is -2.34. The Hall–Kier alpha value is -1.29. The molecule has 0 radical (unpaired) electrons. The molecule has 0 aromatic heterocycles. The van der Waals surface area contributed by atoms with E-state index in [0.29, 0.717) is 0 Å². The fourth-order valence-electron chi connectivity index (χ4n) is 1.76. The third kappa shape index (κ3) is 2.21. The van der Waals surface area contributed by atoms with Crippen LogP contribution in [0.5, 0.6) is 5.75 Å². The molecule has 15 heavy (non-hydrogen) atoms. The number of anilines is 1. The van der Waals surface area contributed by atoms with Crippen LogP contribution in [0.15, 0.2) is 18.2 Å². The monoisotopic (exact) mass is 210 g/mol. The number of aromatic hydroxyl groups is 1. The van der Waals surface area contributed by atoms with Crippen molar-refractivity contribution in [3.05, 3.63) is 24.0 Å². The van der Waals surface area contributed by atoms with Gasteiger partial charge in [0.2, 0.25) is 0 Å². The molecule has 1 aliphatic rings. The quantitative estimate of drug-likeness (QED) is 0.756. The summed E-state index contributed by atoms with van der Waals surface area (Å²) in [7, 11) is 2.08. The molecule has 1 fully saturated rings. The molecule has 0 unspecified atom stereocenters. The number of hydrogen-bond donors (Lipinski definition) is 1. The summed E-state index contributed by atoms with van der Waals surface area (Å²) in [4.78, 5) is 4.40. The molecule has 0 aliphatic carbocycles. The first kappa shape index (κ1) is 10.2. The Morgan fingerprint density at radius 3 is 2.47 bits per heavy atom. The summed E-state index contributed by atoms with van der Waals surface area (Å²) < 4.78 is 12.9. The fraction of sp³-hybridized carbons (Fsp3) is 0.455. The van der Waals surface area contributed by atoms with E-state index in [-0.39, 0.29) is 5.75 Å². The van der Waals surface area contributed by atoms with E-state index in [1.165, 1.54) is 12.1 Å². The van der Waals surface area contributed by atoms with E-state index in [0.717, 1.165) is 31.9 Å². The molecular weight excluding hydrogens is 195 g/mol. The molecule has 4 heteroatoms. The van der Waals surface area contributed by atoms with Crippen molar-refractivity contribution in [2.24, 2.45) is 0 Å². The van der Waals surface area contributed by atoms with Crippen molar-refractivity contribution < 1.29 is 9.50 Å². The lowest BCUT2D eigenvalue weighted by atomic mass is 10.2. The molecule has 1 aromatic rings. The Balaban J connectivity index is 2.12. The number of phenolic OH excluding ortho intramolecular Hbond substituents is 1. The zero-order valence-electron chi connectivity index (χ0n) is 8.78. The predicted molar refractivity (Wildman–Crippen MR) is 57.8 cm³/mol. The van der Waals surface area contributed by atoms with E-state index in [2.05, 4.69) is 16.8 Å². The van der Waals surface area contributed by atoms with E-state index in [9.17, 15) is 9.50 Å². The molecular formula is C11H15FN2O. The van der Waals surface area contributed by atoms with E-state index >= 15 is 0 Å². The summed E-state index contributed by atoms with van der Waals surface area (Å²) in [6, 6.07) is 4.50. The lowest BCUT2D eigenvalue weighted by Crippen LogP contribution is -2.44. The van der Waals surface area contributed by atoms with Gasteiger partial charge in [-0.05, 0) is 19.2 Å². The molecule has 1 saturated heterocycles. The second-order valence-electron chi connectivity index (χ2n) is 3.93. The van der Waals surface area contributed by atoms with Gasteiger partial charge in [0.05, 0.1) is 0 Å². The molecule has 82 valence electrons. The highest BCUT2D eigenvalue weighted by Gasteiger charge is 2.15. The van der Waals surface area contributed by atoms with E-state index < -0.39 is 5.82 Å². The van der Waals surface area contributed by atoms with Gasteiger partial charge in [-0.1, -0.05) is 0 Å².